The second-order valence-electron chi connectivity index (χ2n) is 9.00. The third kappa shape index (κ3) is 5.44. The van der Waals surface area contributed by atoms with Crippen LogP contribution in [0.5, 0.6) is 11.5 Å². The van der Waals surface area contributed by atoms with Crippen LogP contribution in [-0.2, 0) is 16.0 Å². The van der Waals surface area contributed by atoms with Gasteiger partial charge in [0, 0.05) is 19.2 Å². The van der Waals surface area contributed by atoms with Gasteiger partial charge in [-0.25, -0.2) is 4.39 Å². The molecule has 2 amide bonds. The van der Waals surface area contributed by atoms with Crippen LogP contribution in [0, 0.1) is 22.6 Å². The van der Waals surface area contributed by atoms with Gasteiger partial charge < -0.3 is 14.4 Å². The van der Waals surface area contributed by atoms with E-state index in [-0.39, 0.29) is 41.1 Å². The lowest BCUT2D eigenvalue weighted by Gasteiger charge is -2.41. The Morgan fingerprint density at radius 3 is 2.43 bits per heavy atom. The lowest BCUT2D eigenvalue weighted by Crippen LogP contribution is -2.56. The first-order chi connectivity index (χ1) is 17.5. The minimum absolute atomic E-state index is 0.0281. The number of nitrogens with zero attached hydrogens (tertiary/aromatic N) is 3. The van der Waals surface area contributed by atoms with Gasteiger partial charge in [-0.15, -0.1) is 0 Å². The van der Waals surface area contributed by atoms with E-state index in [0.717, 1.165) is 11.6 Å². The molecule has 12 heteroatoms. The molecule has 1 unspecified atom stereocenters. The molecule has 0 N–H and O–H groups in total. The van der Waals surface area contributed by atoms with E-state index in [2.05, 4.69) is 6.07 Å². The number of methoxy groups -OCH3 is 1. The summed E-state index contributed by atoms with van der Waals surface area (Å²) in [6.07, 6.45) is -5.61. The SMILES string of the molecule is COc1cc2c(cc1Cl)N(C(=O)C(F)(F)F)CC(C(=O)N1CCC(C#N)(Cc3ccc(F)cc3)CC1)O2. The van der Waals surface area contributed by atoms with Crippen LogP contribution < -0.4 is 14.4 Å². The maximum Gasteiger partial charge on any atom is 0.471 e. The molecular formula is C25H22ClF4N3O4. The van der Waals surface area contributed by atoms with Gasteiger partial charge in [-0.2, -0.15) is 18.4 Å². The zero-order valence-corrected chi connectivity index (χ0v) is 20.4. The molecule has 1 atom stereocenters. The van der Waals surface area contributed by atoms with E-state index in [1.54, 1.807) is 12.1 Å². The van der Waals surface area contributed by atoms with Gasteiger partial charge in [0.15, 0.2) is 6.10 Å². The van der Waals surface area contributed by atoms with Crippen molar-refractivity contribution in [2.45, 2.75) is 31.5 Å². The molecule has 2 aliphatic rings. The molecule has 0 bridgehead atoms. The van der Waals surface area contributed by atoms with E-state index in [1.807, 2.05) is 0 Å². The van der Waals surface area contributed by atoms with E-state index < -0.39 is 36.1 Å². The highest BCUT2D eigenvalue weighted by Gasteiger charge is 2.48. The van der Waals surface area contributed by atoms with E-state index in [9.17, 15) is 32.4 Å². The summed E-state index contributed by atoms with van der Waals surface area (Å²) in [4.78, 5) is 27.3. The number of anilines is 1. The zero-order chi connectivity index (χ0) is 27.0. The number of nitriles is 1. The molecule has 0 aromatic heterocycles. The Balaban J connectivity index is 1.52. The number of likely N-dealkylation sites (tertiary alicyclic amines) is 1. The molecule has 37 heavy (non-hydrogen) atoms. The Labute approximate surface area is 215 Å². The van der Waals surface area contributed by atoms with Gasteiger partial charge in [0.1, 0.15) is 17.3 Å². The Bertz CT molecular complexity index is 1240. The molecule has 2 aromatic rings. The summed E-state index contributed by atoms with van der Waals surface area (Å²) in [7, 11) is 1.30. The normalized spacial score (nSPS) is 18.9. The molecule has 0 saturated carbocycles. The number of hydrogen-bond donors (Lipinski definition) is 0. The number of carbonyl (C=O) groups excluding carboxylic acids is 2. The fraction of sp³-hybridized carbons (Fsp3) is 0.400. The van der Waals surface area contributed by atoms with Crippen molar-refractivity contribution in [1.29, 1.82) is 5.26 Å². The number of piperidine rings is 1. The average Bonchev–Trinajstić information content (AvgIpc) is 2.88. The fourth-order valence-electron chi connectivity index (χ4n) is 4.59. The van der Waals surface area contributed by atoms with Crippen molar-refractivity contribution in [1.82, 2.24) is 4.90 Å². The minimum atomic E-state index is -5.19. The van der Waals surface area contributed by atoms with Crippen molar-refractivity contribution in [3.63, 3.8) is 0 Å². The van der Waals surface area contributed by atoms with Gasteiger partial charge in [-0.3, -0.25) is 14.5 Å². The highest BCUT2D eigenvalue weighted by Crippen LogP contribution is 2.43. The molecule has 4 rings (SSSR count). The van der Waals surface area contributed by atoms with Gasteiger partial charge >= 0.3 is 12.1 Å². The van der Waals surface area contributed by atoms with Crippen LogP contribution in [0.4, 0.5) is 23.2 Å². The van der Waals surface area contributed by atoms with Gasteiger partial charge in [0.05, 0.1) is 35.8 Å². The third-order valence-corrected chi connectivity index (χ3v) is 6.93. The number of hydrogen-bond acceptors (Lipinski definition) is 5. The number of fused-ring (bicyclic) bond motifs is 1. The number of carbonyl (C=O) groups is 2. The highest BCUT2D eigenvalue weighted by atomic mass is 35.5. The van der Waals surface area contributed by atoms with Crippen molar-refractivity contribution in [2.24, 2.45) is 5.41 Å². The van der Waals surface area contributed by atoms with E-state index in [0.29, 0.717) is 24.2 Å². The lowest BCUT2D eigenvalue weighted by molar-refractivity contribution is -0.171. The van der Waals surface area contributed by atoms with Gasteiger partial charge in [-0.05, 0) is 43.0 Å². The molecule has 196 valence electrons. The number of ether oxygens (including phenoxy) is 2. The number of alkyl halides is 3. The molecule has 0 spiro atoms. The Morgan fingerprint density at radius 2 is 1.86 bits per heavy atom. The molecule has 0 aliphatic carbocycles. The molecule has 2 aliphatic heterocycles. The smallest absolute Gasteiger partial charge is 0.471 e. The number of rotatable bonds is 4. The number of halogens is 5. The maximum absolute atomic E-state index is 13.3. The molecule has 0 radical (unpaired) electrons. The van der Waals surface area contributed by atoms with E-state index in [1.165, 1.54) is 30.2 Å². The molecule has 2 aromatic carbocycles. The Kier molecular flexibility index (Phi) is 7.24. The van der Waals surface area contributed by atoms with Crippen LogP contribution in [0.25, 0.3) is 0 Å². The summed E-state index contributed by atoms with van der Waals surface area (Å²) in [5, 5.41) is 9.83. The summed E-state index contributed by atoms with van der Waals surface area (Å²) in [6, 6.07) is 10.5. The summed E-state index contributed by atoms with van der Waals surface area (Å²) >= 11 is 6.05. The molecule has 1 saturated heterocycles. The summed E-state index contributed by atoms with van der Waals surface area (Å²) < 4.78 is 64.1. The zero-order valence-electron chi connectivity index (χ0n) is 19.6. The van der Waals surface area contributed by atoms with Crippen LogP contribution in [0.2, 0.25) is 5.02 Å². The Morgan fingerprint density at radius 1 is 1.22 bits per heavy atom. The molecule has 7 nitrogen and oxygen atoms in total. The van der Waals surface area contributed by atoms with Crippen molar-refractivity contribution >= 4 is 29.1 Å². The second kappa shape index (κ2) is 10.1. The molecule has 2 heterocycles. The highest BCUT2D eigenvalue weighted by molar-refractivity contribution is 6.32. The van der Waals surface area contributed by atoms with E-state index >= 15 is 0 Å². The summed E-state index contributed by atoms with van der Waals surface area (Å²) in [5.74, 6) is -3.19. The van der Waals surface area contributed by atoms with Gasteiger partial charge in [-0.1, -0.05) is 23.7 Å². The summed E-state index contributed by atoms with van der Waals surface area (Å²) in [6.45, 7) is -0.336. The summed E-state index contributed by atoms with van der Waals surface area (Å²) in [5.41, 5.74) is -0.223. The monoisotopic (exact) mass is 539 g/mol. The van der Waals surface area contributed by atoms with Crippen LogP contribution in [0.15, 0.2) is 36.4 Å². The first-order valence-corrected chi connectivity index (χ1v) is 11.7. The largest absolute Gasteiger partial charge is 0.495 e. The van der Waals surface area contributed by atoms with Crippen molar-refractivity contribution in [2.75, 3.05) is 31.6 Å². The standard InChI is InChI=1S/C25H22ClF4N3O4/c1-36-19-11-20-18(10-17(19)26)33(23(35)25(28,29)30)13-21(37-20)22(34)32-8-6-24(14-31,7-9-32)12-15-2-4-16(27)5-3-15/h2-5,10-11,21H,6-9,12-13H2,1H3. The predicted octanol–water partition coefficient (Wildman–Crippen LogP) is 4.52. The molecule has 1 fully saturated rings. The minimum Gasteiger partial charge on any atom is -0.495 e. The van der Waals surface area contributed by atoms with Crippen molar-refractivity contribution in [3.8, 4) is 17.6 Å². The third-order valence-electron chi connectivity index (χ3n) is 6.63. The van der Waals surface area contributed by atoms with Gasteiger partial charge in [0.2, 0.25) is 0 Å². The first-order valence-electron chi connectivity index (χ1n) is 11.3. The molecular weight excluding hydrogens is 518 g/mol. The van der Waals surface area contributed by atoms with Gasteiger partial charge in [0.25, 0.3) is 5.91 Å². The van der Waals surface area contributed by atoms with Crippen molar-refractivity contribution in [3.05, 3.63) is 52.8 Å². The topological polar surface area (TPSA) is 82.9 Å². The fourth-order valence-corrected chi connectivity index (χ4v) is 4.83. The predicted molar refractivity (Wildman–Crippen MR) is 125 cm³/mol. The number of amides is 2. The van der Waals surface area contributed by atoms with Crippen LogP contribution in [0.1, 0.15) is 18.4 Å². The quantitative estimate of drug-likeness (QED) is 0.534. The van der Waals surface area contributed by atoms with Crippen LogP contribution in [0.3, 0.4) is 0 Å². The average molecular weight is 540 g/mol. The van der Waals surface area contributed by atoms with Crippen molar-refractivity contribution < 1.29 is 36.6 Å². The number of benzene rings is 2. The second-order valence-corrected chi connectivity index (χ2v) is 9.40. The van der Waals surface area contributed by atoms with Crippen LogP contribution >= 0.6 is 11.6 Å². The maximum atomic E-state index is 13.3. The lowest BCUT2D eigenvalue weighted by atomic mass is 9.75. The van der Waals surface area contributed by atoms with E-state index in [4.69, 9.17) is 21.1 Å². The van der Waals surface area contributed by atoms with Crippen LogP contribution in [-0.4, -0.2) is 55.7 Å². The first kappa shape index (κ1) is 26.5. The Hall–Kier alpha value is -3.52.